The second-order valence-electron chi connectivity index (χ2n) is 7.38. The van der Waals surface area contributed by atoms with E-state index in [-0.39, 0.29) is 5.56 Å². The van der Waals surface area contributed by atoms with Crippen LogP contribution >= 0.6 is 0 Å². The predicted molar refractivity (Wildman–Crippen MR) is 114 cm³/mol. The van der Waals surface area contributed by atoms with Crippen LogP contribution in [0.25, 0.3) is 0 Å². The number of aliphatic imine (C=N–C) groups is 1. The van der Waals surface area contributed by atoms with Crippen LogP contribution in [0.1, 0.15) is 24.0 Å². The Labute approximate surface area is 166 Å². The summed E-state index contributed by atoms with van der Waals surface area (Å²) in [7, 11) is 3.57. The largest absolute Gasteiger partial charge is 0.356 e. The van der Waals surface area contributed by atoms with Crippen molar-refractivity contribution in [3.05, 3.63) is 58.1 Å². The molecule has 2 aromatic rings. The van der Waals surface area contributed by atoms with E-state index in [1.54, 1.807) is 24.0 Å². The molecule has 2 heterocycles. The Morgan fingerprint density at radius 2 is 1.89 bits per heavy atom. The highest BCUT2D eigenvalue weighted by atomic mass is 16.1. The number of nitrogens with zero attached hydrogens (tertiary/aromatic N) is 5. The summed E-state index contributed by atoms with van der Waals surface area (Å²) in [5.74, 6) is 1.84. The normalized spacial score (nSPS) is 16.2. The summed E-state index contributed by atoms with van der Waals surface area (Å²) in [5.41, 5.74) is 2.55. The van der Waals surface area contributed by atoms with Gasteiger partial charge < -0.3 is 19.7 Å². The maximum absolute atomic E-state index is 12.3. The predicted octanol–water partition coefficient (Wildman–Crippen LogP) is 1.59. The Hall–Kier alpha value is -2.83. The van der Waals surface area contributed by atoms with Crippen molar-refractivity contribution in [1.82, 2.24) is 19.8 Å². The molecule has 7 heteroatoms. The zero-order chi connectivity index (χ0) is 20.1. The van der Waals surface area contributed by atoms with E-state index in [0.29, 0.717) is 11.7 Å². The summed E-state index contributed by atoms with van der Waals surface area (Å²) in [5, 5.41) is 3.50. The molecule has 1 aromatic carbocycles. The van der Waals surface area contributed by atoms with Gasteiger partial charge in [-0.1, -0.05) is 36.8 Å². The number of piperazine rings is 1. The Morgan fingerprint density at radius 1 is 1.21 bits per heavy atom. The molecule has 0 radical (unpaired) electrons. The van der Waals surface area contributed by atoms with Gasteiger partial charge in [-0.3, -0.25) is 9.79 Å². The molecule has 1 aromatic heterocycles. The van der Waals surface area contributed by atoms with Gasteiger partial charge in [0.15, 0.2) is 11.8 Å². The van der Waals surface area contributed by atoms with Gasteiger partial charge in [-0.05, 0) is 18.4 Å². The van der Waals surface area contributed by atoms with Gasteiger partial charge in [-0.15, -0.1) is 0 Å². The number of anilines is 1. The van der Waals surface area contributed by atoms with Gasteiger partial charge in [0, 0.05) is 59.2 Å². The number of nitrogens with one attached hydrogen (secondary N) is 1. The molecule has 1 unspecified atom stereocenters. The highest BCUT2D eigenvalue weighted by Gasteiger charge is 2.22. The molecule has 7 nitrogen and oxygen atoms in total. The lowest BCUT2D eigenvalue weighted by molar-refractivity contribution is 0.370. The van der Waals surface area contributed by atoms with Crippen molar-refractivity contribution in [3.63, 3.8) is 0 Å². The van der Waals surface area contributed by atoms with E-state index in [2.05, 4.69) is 63.2 Å². The highest BCUT2D eigenvalue weighted by Crippen LogP contribution is 2.15. The molecule has 0 amide bonds. The number of aromatic nitrogens is 2. The van der Waals surface area contributed by atoms with Crippen LogP contribution in [0.4, 0.5) is 5.82 Å². The van der Waals surface area contributed by atoms with E-state index < -0.39 is 0 Å². The van der Waals surface area contributed by atoms with E-state index in [9.17, 15) is 4.79 Å². The minimum absolute atomic E-state index is 0.0506. The van der Waals surface area contributed by atoms with Crippen LogP contribution in [0.3, 0.4) is 0 Å². The fraction of sp³-hybridized carbons (Fsp3) is 0.476. The van der Waals surface area contributed by atoms with Crippen LogP contribution in [0.5, 0.6) is 0 Å². The first-order chi connectivity index (χ1) is 13.5. The fourth-order valence-electron chi connectivity index (χ4n) is 3.42. The lowest BCUT2D eigenvalue weighted by Crippen LogP contribution is -2.54. The number of hydrogen-bond acceptors (Lipinski definition) is 4. The molecule has 1 atom stereocenters. The lowest BCUT2D eigenvalue weighted by atomic mass is 10.0. The SMILES string of the molecule is CN=C(NCC(C)c1ccc(C)cc1)N1CCN(c2nccn(C)c2=O)CC1. The number of hydrogen-bond donors (Lipinski definition) is 1. The molecule has 0 saturated carbocycles. The number of aryl methyl sites for hydroxylation is 2. The third-order valence-corrected chi connectivity index (χ3v) is 5.30. The third kappa shape index (κ3) is 4.52. The van der Waals surface area contributed by atoms with E-state index in [1.165, 1.54) is 11.1 Å². The molecule has 1 aliphatic rings. The van der Waals surface area contributed by atoms with Crippen LogP contribution in [0.15, 0.2) is 46.4 Å². The minimum Gasteiger partial charge on any atom is -0.356 e. The van der Waals surface area contributed by atoms with Crippen molar-refractivity contribution in [2.24, 2.45) is 12.0 Å². The maximum atomic E-state index is 12.3. The number of rotatable bonds is 4. The zero-order valence-corrected chi connectivity index (χ0v) is 17.2. The van der Waals surface area contributed by atoms with Crippen molar-refractivity contribution >= 4 is 11.8 Å². The third-order valence-electron chi connectivity index (χ3n) is 5.30. The van der Waals surface area contributed by atoms with Crippen LogP contribution in [0.2, 0.25) is 0 Å². The molecule has 150 valence electrons. The number of benzene rings is 1. The molecule has 1 aliphatic heterocycles. The first-order valence-electron chi connectivity index (χ1n) is 9.78. The summed E-state index contributed by atoms with van der Waals surface area (Å²) < 4.78 is 1.57. The average Bonchev–Trinajstić information content (AvgIpc) is 2.71. The van der Waals surface area contributed by atoms with Crippen molar-refractivity contribution in [2.45, 2.75) is 19.8 Å². The highest BCUT2D eigenvalue weighted by molar-refractivity contribution is 5.80. The molecule has 1 fully saturated rings. The average molecular weight is 383 g/mol. The Morgan fingerprint density at radius 3 is 2.54 bits per heavy atom. The second kappa shape index (κ2) is 8.91. The monoisotopic (exact) mass is 382 g/mol. The van der Waals surface area contributed by atoms with Crippen molar-refractivity contribution in [1.29, 1.82) is 0 Å². The van der Waals surface area contributed by atoms with Crippen molar-refractivity contribution in [2.75, 3.05) is 44.7 Å². The summed E-state index contributed by atoms with van der Waals surface area (Å²) in [6, 6.07) is 8.69. The van der Waals surface area contributed by atoms with Crippen molar-refractivity contribution in [3.8, 4) is 0 Å². The van der Waals surface area contributed by atoms with Gasteiger partial charge in [0.2, 0.25) is 0 Å². The van der Waals surface area contributed by atoms with Gasteiger partial charge in [-0.25, -0.2) is 4.98 Å². The van der Waals surface area contributed by atoms with Crippen LogP contribution in [-0.4, -0.2) is 60.2 Å². The van der Waals surface area contributed by atoms with Gasteiger partial charge in [0.25, 0.3) is 5.56 Å². The van der Waals surface area contributed by atoms with Crippen molar-refractivity contribution < 1.29 is 0 Å². The van der Waals surface area contributed by atoms with Gasteiger partial charge >= 0.3 is 0 Å². The molecule has 0 bridgehead atoms. The summed E-state index contributed by atoms with van der Waals surface area (Å²) in [6.07, 6.45) is 3.36. The van der Waals surface area contributed by atoms with E-state index in [4.69, 9.17) is 0 Å². The van der Waals surface area contributed by atoms with E-state index in [0.717, 1.165) is 38.7 Å². The molecule has 0 aliphatic carbocycles. The van der Waals surface area contributed by atoms with E-state index in [1.807, 2.05) is 7.05 Å². The topological polar surface area (TPSA) is 65.8 Å². The lowest BCUT2D eigenvalue weighted by Gasteiger charge is -2.37. The standard InChI is InChI=1S/C21H30N6O/c1-16-5-7-18(8-6-16)17(2)15-24-21(22-3)27-13-11-26(12-14-27)19-20(28)25(4)10-9-23-19/h5-10,17H,11-15H2,1-4H3,(H,22,24). The fourth-order valence-corrected chi connectivity index (χ4v) is 3.42. The van der Waals surface area contributed by atoms with Gasteiger partial charge in [-0.2, -0.15) is 0 Å². The molecule has 28 heavy (non-hydrogen) atoms. The first kappa shape index (κ1) is 19.9. The smallest absolute Gasteiger partial charge is 0.293 e. The van der Waals surface area contributed by atoms with Crippen LogP contribution in [0, 0.1) is 6.92 Å². The van der Waals surface area contributed by atoms with E-state index >= 15 is 0 Å². The molecule has 1 N–H and O–H groups in total. The Kier molecular flexibility index (Phi) is 6.34. The quantitative estimate of drug-likeness (QED) is 0.643. The summed E-state index contributed by atoms with van der Waals surface area (Å²) >= 11 is 0. The first-order valence-corrected chi connectivity index (χ1v) is 9.78. The molecule has 0 spiro atoms. The molecule has 1 saturated heterocycles. The molecule has 3 rings (SSSR count). The van der Waals surface area contributed by atoms with Crippen LogP contribution in [-0.2, 0) is 7.05 Å². The summed E-state index contributed by atoms with van der Waals surface area (Å²) in [6.45, 7) is 8.27. The molecular formula is C21H30N6O. The maximum Gasteiger partial charge on any atom is 0.293 e. The Balaban J connectivity index is 1.55. The zero-order valence-electron chi connectivity index (χ0n) is 17.2. The number of guanidine groups is 1. The van der Waals surface area contributed by atoms with Crippen LogP contribution < -0.4 is 15.8 Å². The second-order valence-corrected chi connectivity index (χ2v) is 7.38. The van der Waals surface area contributed by atoms with Gasteiger partial charge in [0.1, 0.15) is 0 Å². The summed E-state index contributed by atoms with van der Waals surface area (Å²) in [4.78, 5) is 25.3. The Bertz CT molecular complexity index is 865. The molecular weight excluding hydrogens is 352 g/mol. The van der Waals surface area contributed by atoms with Gasteiger partial charge in [0.05, 0.1) is 0 Å². The minimum atomic E-state index is -0.0506.